The van der Waals surface area contributed by atoms with E-state index in [9.17, 15) is 18.3 Å². The molecule has 1 unspecified atom stereocenters. The number of benzene rings is 1. The molecule has 0 spiro atoms. The van der Waals surface area contributed by atoms with E-state index in [2.05, 4.69) is 4.98 Å². The van der Waals surface area contributed by atoms with Gasteiger partial charge in [0.15, 0.2) is 6.10 Å². The van der Waals surface area contributed by atoms with E-state index in [4.69, 9.17) is 11.6 Å². The Bertz CT molecular complexity index is 622. The van der Waals surface area contributed by atoms with Crippen LogP contribution in [0.3, 0.4) is 0 Å². The van der Waals surface area contributed by atoms with Crippen LogP contribution in [0.1, 0.15) is 25.7 Å². The molecule has 0 aliphatic rings. The van der Waals surface area contributed by atoms with Gasteiger partial charge in [0.25, 0.3) is 0 Å². The van der Waals surface area contributed by atoms with E-state index in [-0.39, 0.29) is 11.9 Å². The van der Waals surface area contributed by atoms with E-state index in [1.807, 2.05) is 13.8 Å². The predicted molar refractivity (Wildman–Crippen MR) is 70.9 cm³/mol. The van der Waals surface area contributed by atoms with Gasteiger partial charge in [-0.3, -0.25) is 0 Å². The maximum atomic E-state index is 12.5. The minimum Gasteiger partial charge on any atom is -0.383 e. The molecule has 1 heterocycles. The molecular formula is C13H14ClF3N2O. The second-order valence-corrected chi connectivity index (χ2v) is 5.32. The van der Waals surface area contributed by atoms with Crippen molar-refractivity contribution in [3.8, 4) is 0 Å². The molecule has 0 saturated heterocycles. The van der Waals surface area contributed by atoms with Crippen LogP contribution in [0.4, 0.5) is 13.2 Å². The van der Waals surface area contributed by atoms with E-state index in [1.54, 1.807) is 22.8 Å². The van der Waals surface area contributed by atoms with Gasteiger partial charge >= 0.3 is 6.18 Å². The fraction of sp³-hybridized carbons (Fsp3) is 0.462. The van der Waals surface area contributed by atoms with Gasteiger partial charge < -0.3 is 9.67 Å². The number of alkyl halides is 3. The number of aromatic nitrogens is 2. The molecule has 1 aromatic heterocycles. The Balaban J connectivity index is 2.50. The summed E-state index contributed by atoms with van der Waals surface area (Å²) >= 11 is 5.91. The normalized spacial score (nSPS) is 14.2. The number of imidazole rings is 1. The highest BCUT2D eigenvalue weighted by molar-refractivity contribution is 6.31. The molecule has 1 N–H and O–H groups in total. The highest BCUT2D eigenvalue weighted by Crippen LogP contribution is 2.28. The SMILES string of the molecule is CC(C)n1c(CC(O)C(F)(F)F)nc2ccc(Cl)cc21. The summed E-state index contributed by atoms with van der Waals surface area (Å²) in [6.45, 7) is 3.68. The summed E-state index contributed by atoms with van der Waals surface area (Å²) in [4.78, 5) is 4.17. The lowest BCUT2D eigenvalue weighted by Gasteiger charge is -2.17. The Kier molecular flexibility index (Phi) is 3.97. The van der Waals surface area contributed by atoms with Crippen molar-refractivity contribution in [1.82, 2.24) is 9.55 Å². The summed E-state index contributed by atoms with van der Waals surface area (Å²) in [5.74, 6) is 0.196. The summed E-state index contributed by atoms with van der Waals surface area (Å²) < 4.78 is 39.1. The van der Waals surface area contributed by atoms with Gasteiger partial charge in [0.05, 0.1) is 11.0 Å². The van der Waals surface area contributed by atoms with Crippen molar-refractivity contribution in [3.63, 3.8) is 0 Å². The van der Waals surface area contributed by atoms with Gasteiger partial charge in [0.1, 0.15) is 5.82 Å². The van der Waals surface area contributed by atoms with Crippen LogP contribution < -0.4 is 0 Å². The molecule has 1 aromatic carbocycles. The monoisotopic (exact) mass is 306 g/mol. The molecule has 1 atom stereocenters. The number of aliphatic hydroxyl groups is 1. The Labute approximate surface area is 119 Å². The van der Waals surface area contributed by atoms with Crippen LogP contribution in [0.5, 0.6) is 0 Å². The summed E-state index contributed by atoms with van der Waals surface area (Å²) in [5.41, 5.74) is 1.23. The first-order chi connectivity index (χ1) is 9.20. The minimum atomic E-state index is -4.66. The van der Waals surface area contributed by atoms with Crippen molar-refractivity contribution in [2.75, 3.05) is 0 Å². The molecule has 0 saturated carbocycles. The maximum Gasteiger partial charge on any atom is 0.414 e. The van der Waals surface area contributed by atoms with Crippen molar-refractivity contribution in [2.24, 2.45) is 0 Å². The minimum absolute atomic E-state index is 0.0890. The van der Waals surface area contributed by atoms with Crippen LogP contribution in [0, 0.1) is 0 Å². The van der Waals surface area contributed by atoms with Crippen molar-refractivity contribution >= 4 is 22.6 Å². The predicted octanol–water partition coefficient (Wildman–Crippen LogP) is 3.74. The molecule has 0 radical (unpaired) electrons. The van der Waals surface area contributed by atoms with Crippen LogP contribution in [0.15, 0.2) is 18.2 Å². The van der Waals surface area contributed by atoms with Crippen LogP contribution in [-0.4, -0.2) is 26.9 Å². The van der Waals surface area contributed by atoms with Crippen LogP contribution >= 0.6 is 11.6 Å². The average molecular weight is 307 g/mol. The molecule has 0 aliphatic heterocycles. The van der Waals surface area contributed by atoms with Crippen LogP contribution in [-0.2, 0) is 6.42 Å². The third-order valence-electron chi connectivity index (χ3n) is 2.99. The maximum absolute atomic E-state index is 12.5. The third kappa shape index (κ3) is 2.91. The Morgan fingerprint density at radius 1 is 1.35 bits per heavy atom. The van der Waals surface area contributed by atoms with Gasteiger partial charge in [-0.05, 0) is 32.0 Å². The number of fused-ring (bicyclic) bond motifs is 1. The Morgan fingerprint density at radius 3 is 2.55 bits per heavy atom. The number of nitrogens with zero attached hydrogens (tertiary/aromatic N) is 2. The van der Waals surface area contributed by atoms with E-state index >= 15 is 0 Å². The fourth-order valence-electron chi connectivity index (χ4n) is 2.12. The second-order valence-electron chi connectivity index (χ2n) is 4.89. The highest BCUT2D eigenvalue weighted by Gasteiger charge is 2.39. The lowest BCUT2D eigenvalue weighted by atomic mass is 10.2. The zero-order valence-electron chi connectivity index (χ0n) is 10.9. The zero-order valence-corrected chi connectivity index (χ0v) is 11.7. The standard InChI is InChI=1S/C13H14ClF3N2O/c1-7(2)19-10-5-8(14)3-4-9(10)18-12(19)6-11(20)13(15,16)17/h3-5,7,11,20H,6H2,1-2H3. The van der Waals surface area contributed by atoms with E-state index in [0.29, 0.717) is 16.1 Å². The second kappa shape index (κ2) is 5.26. The molecule has 0 fully saturated rings. The summed E-state index contributed by atoms with van der Waals surface area (Å²) in [7, 11) is 0. The molecule has 2 aromatic rings. The van der Waals surface area contributed by atoms with Gasteiger partial charge in [-0.25, -0.2) is 4.98 Å². The lowest BCUT2D eigenvalue weighted by molar-refractivity contribution is -0.203. The van der Waals surface area contributed by atoms with Gasteiger partial charge in [0.2, 0.25) is 0 Å². The number of hydrogen-bond acceptors (Lipinski definition) is 2. The van der Waals surface area contributed by atoms with Gasteiger partial charge in [-0.15, -0.1) is 0 Å². The van der Waals surface area contributed by atoms with Crippen molar-refractivity contribution in [3.05, 3.63) is 29.0 Å². The highest BCUT2D eigenvalue weighted by atomic mass is 35.5. The van der Waals surface area contributed by atoms with Gasteiger partial charge in [-0.2, -0.15) is 13.2 Å². The first-order valence-corrected chi connectivity index (χ1v) is 6.49. The third-order valence-corrected chi connectivity index (χ3v) is 3.23. The van der Waals surface area contributed by atoms with Gasteiger partial charge in [0, 0.05) is 17.5 Å². The quantitative estimate of drug-likeness (QED) is 0.938. The van der Waals surface area contributed by atoms with Crippen LogP contribution in [0.25, 0.3) is 11.0 Å². The molecule has 0 amide bonds. The average Bonchev–Trinajstić information content (AvgIpc) is 2.64. The molecule has 0 bridgehead atoms. The number of aliphatic hydroxyl groups excluding tert-OH is 1. The number of halogens is 4. The summed E-state index contributed by atoms with van der Waals surface area (Å²) in [6.07, 6.45) is -7.65. The summed E-state index contributed by atoms with van der Waals surface area (Å²) in [6, 6.07) is 4.85. The molecule has 3 nitrogen and oxygen atoms in total. The molecule has 0 aliphatic carbocycles. The van der Waals surface area contributed by atoms with E-state index in [1.165, 1.54) is 0 Å². The van der Waals surface area contributed by atoms with E-state index < -0.39 is 18.7 Å². The molecule has 110 valence electrons. The Hall–Kier alpha value is -1.27. The Morgan fingerprint density at radius 2 is 2.00 bits per heavy atom. The topological polar surface area (TPSA) is 38.0 Å². The molecule has 2 rings (SSSR count). The summed E-state index contributed by atoms with van der Waals surface area (Å²) in [5, 5.41) is 9.71. The van der Waals surface area contributed by atoms with Crippen molar-refractivity contribution in [1.29, 1.82) is 0 Å². The van der Waals surface area contributed by atoms with Crippen molar-refractivity contribution < 1.29 is 18.3 Å². The molecule has 20 heavy (non-hydrogen) atoms. The lowest BCUT2D eigenvalue weighted by Crippen LogP contribution is -2.31. The smallest absolute Gasteiger partial charge is 0.383 e. The van der Waals surface area contributed by atoms with Crippen LogP contribution in [0.2, 0.25) is 5.02 Å². The largest absolute Gasteiger partial charge is 0.414 e. The van der Waals surface area contributed by atoms with Gasteiger partial charge in [-0.1, -0.05) is 11.6 Å². The molecular weight excluding hydrogens is 293 g/mol. The van der Waals surface area contributed by atoms with Crippen molar-refractivity contribution in [2.45, 2.75) is 38.6 Å². The fourth-order valence-corrected chi connectivity index (χ4v) is 2.29. The first-order valence-electron chi connectivity index (χ1n) is 6.11. The molecule has 7 heteroatoms. The first kappa shape index (κ1) is 15.1. The zero-order chi connectivity index (χ0) is 15.1. The number of rotatable bonds is 3. The van der Waals surface area contributed by atoms with E-state index in [0.717, 1.165) is 0 Å². The number of hydrogen-bond donors (Lipinski definition) is 1.